The molecule has 0 amide bonds. The van der Waals surface area contributed by atoms with Crippen molar-refractivity contribution >= 4 is 44.4 Å². The van der Waals surface area contributed by atoms with Crippen LogP contribution in [0.1, 0.15) is 0 Å². The highest BCUT2D eigenvalue weighted by Crippen LogP contribution is 2.25. The molecular weight excluding hydrogens is 387 g/mol. The molecule has 0 aliphatic carbocycles. The largest absolute Gasteiger partial charge is 0.369 e. The molecule has 0 saturated carbocycles. The average Bonchev–Trinajstić information content (AvgIpc) is 2.61. The van der Waals surface area contributed by atoms with Gasteiger partial charge >= 0.3 is 0 Å². The molecule has 0 aliphatic rings. The van der Waals surface area contributed by atoms with Crippen LogP contribution in [-0.2, 0) is 9.84 Å². The molecule has 0 saturated heterocycles. The van der Waals surface area contributed by atoms with Crippen LogP contribution in [0.5, 0.6) is 0 Å². The summed E-state index contributed by atoms with van der Waals surface area (Å²) in [6.07, 6.45) is 0. The summed E-state index contributed by atoms with van der Waals surface area (Å²) in [5, 5.41) is 10.7. The topological polar surface area (TPSA) is 80.5 Å². The van der Waals surface area contributed by atoms with E-state index in [-0.39, 0.29) is 15.5 Å². The highest BCUT2D eigenvalue weighted by atomic mass is 35.5. The molecular formula is C16H16Cl2N2O4S. The smallest absolute Gasteiger partial charge is 0.269 e. The van der Waals surface area contributed by atoms with Crippen molar-refractivity contribution in [2.75, 3.05) is 29.7 Å². The minimum absolute atomic E-state index is 0.00391. The summed E-state index contributed by atoms with van der Waals surface area (Å²) in [5.74, 6) is 0.861. The second kappa shape index (κ2) is 8.51. The van der Waals surface area contributed by atoms with Crippen LogP contribution in [0.25, 0.3) is 0 Å². The van der Waals surface area contributed by atoms with Gasteiger partial charge in [-0.2, -0.15) is 0 Å². The van der Waals surface area contributed by atoms with Gasteiger partial charge in [0.1, 0.15) is 0 Å². The molecule has 25 heavy (non-hydrogen) atoms. The van der Waals surface area contributed by atoms with Gasteiger partial charge in [0.2, 0.25) is 9.84 Å². The Bertz CT molecular complexity index is 818. The number of sulfone groups is 1. The maximum Gasteiger partial charge on any atom is 0.269 e. The van der Waals surface area contributed by atoms with E-state index in [0.717, 1.165) is 5.69 Å². The summed E-state index contributed by atoms with van der Waals surface area (Å²) in [6.45, 7) is 1.20. The van der Waals surface area contributed by atoms with E-state index in [0.29, 0.717) is 24.8 Å². The predicted octanol–water partition coefficient (Wildman–Crippen LogP) is 3.71. The zero-order chi connectivity index (χ0) is 18.4. The third-order valence-electron chi connectivity index (χ3n) is 3.58. The number of non-ortho nitro benzene ring substituents is 1. The molecule has 2 rings (SSSR count). The van der Waals surface area contributed by atoms with Crippen molar-refractivity contribution in [3.05, 3.63) is 58.6 Å². The molecule has 2 aromatic carbocycles. The molecule has 0 aliphatic heterocycles. The molecule has 0 bridgehead atoms. The minimum Gasteiger partial charge on any atom is -0.369 e. The number of alkyl halides is 2. The Balaban J connectivity index is 2.29. The van der Waals surface area contributed by atoms with E-state index in [9.17, 15) is 18.5 Å². The summed E-state index contributed by atoms with van der Waals surface area (Å²) >= 11 is 11.5. The van der Waals surface area contributed by atoms with Crippen molar-refractivity contribution in [1.29, 1.82) is 0 Å². The van der Waals surface area contributed by atoms with Crippen LogP contribution >= 0.6 is 23.2 Å². The third-order valence-corrected chi connectivity index (χ3v) is 5.70. The van der Waals surface area contributed by atoms with Crippen LogP contribution < -0.4 is 4.90 Å². The second-order valence-electron chi connectivity index (χ2n) is 5.11. The normalized spacial score (nSPS) is 11.3. The van der Waals surface area contributed by atoms with Crippen LogP contribution in [0.15, 0.2) is 58.3 Å². The Morgan fingerprint density at radius 3 is 1.72 bits per heavy atom. The van der Waals surface area contributed by atoms with Gasteiger partial charge in [0.25, 0.3) is 5.69 Å². The van der Waals surface area contributed by atoms with E-state index in [1.165, 1.54) is 36.4 Å². The Morgan fingerprint density at radius 2 is 1.32 bits per heavy atom. The molecule has 0 aromatic heterocycles. The highest BCUT2D eigenvalue weighted by Gasteiger charge is 2.19. The Morgan fingerprint density at radius 1 is 0.880 bits per heavy atom. The van der Waals surface area contributed by atoms with Crippen molar-refractivity contribution in [1.82, 2.24) is 0 Å². The van der Waals surface area contributed by atoms with E-state index in [1.54, 1.807) is 12.1 Å². The van der Waals surface area contributed by atoms with Gasteiger partial charge in [0.15, 0.2) is 0 Å². The van der Waals surface area contributed by atoms with Crippen LogP contribution in [-0.4, -0.2) is 38.2 Å². The number of rotatable bonds is 8. The zero-order valence-electron chi connectivity index (χ0n) is 13.1. The van der Waals surface area contributed by atoms with Gasteiger partial charge in [-0.05, 0) is 36.4 Å². The molecule has 9 heteroatoms. The first kappa shape index (κ1) is 19.5. The van der Waals surface area contributed by atoms with Crippen LogP contribution in [0.3, 0.4) is 0 Å². The maximum atomic E-state index is 12.6. The molecule has 0 N–H and O–H groups in total. The van der Waals surface area contributed by atoms with Crippen molar-refractivity contribution in [3.8, 4) is 0 Å². The Labute approximate surface area is 156 Å². The monoisotopic (exact) mass is 402 g/mol. The van der Waals surface area contributed by atoms with Crippen LogP contribution in [0, 0.1) is 10.1 Å². The number of hydrogen-bond acceptors (Lipinski definition) is 5. The number of anilines is 1. The first-order valence-corrected chi connectivity index (χ1v) is 9.92. The molecule has 0 atom stereocenters. The Hall–Kier alpha value is -1.83. The minimum atomic E-state index is -3.74. The predicted molar refractivity (Wildman–Crippen MR) is 98.6 cm³/mol. The lowest BCUT2D eigenvalue weighted by Crippen LogP contribution is -2.27. The van der Waals surface area contributed by atoms with Gasteiger partial charge in [-0.1, -0.05) is 0 Å². The lowest BCUT2D eigenvalue weighted by Gasteiger charge is -2.23. The van der Waals surface area contributed by atoms with Crippen molar-refractivity contribution < 1.29 is 13.3 Å². The lowest BCUT2D eigenvalue weighted by molar-refractivity contribution is -0.384. The number of benzene rings is 2. The highest BCUT2D eigenvalue weighted by molar-refractivity contribution is 7.91. The fourth-order valence-electron chi connectivity index (χ4n) is 2.29. The van der Waals surface area contributed by atoms with Crippen molar-refractivity contribution in [2.45, 2.75) is 9.79 Å². The first-order valence-electron chi connectivity index (χ1n) is 7.36. The van der Waals surface area contributed by atoms with Gasteiger partial charge in [0.05, 0.1) is 14.7 Å². The number of halogens is 2. The van der Waals surface area contributed by atoms with Gasteiger partial charge < -0.3 is 4.90 Å². The zero-order valence-corrected chi connectivity index (χ0v) is 15.5. The molecule has 6 nitrogen and oxygen atoms in total. The molecule has 0 fully saturated rings. The summed E-state index contributed by atoms with van der Waals surface area (Å²) in [7, 11) is -3.74. The van der Waals surface area contributed by atoms with E-state index in [2.05, 4.69) is 0 Å². The standard InChI is InChI=1S/C16H16Cl2N2O4S/c17-9-11-19(12-10-18)13-1-5-15(6-2-13)25(23,24)16-7-3-14(4-8-16)20(21)22/h1-8H,9-12H2. The van der Waals surface area contributed by atoms with E-state index >= 15 is 0 Å². The van der Waals surface area contributed by atoms with E-state index in [1.807, 2.05) is 4.90 Å². The summed E-state index contributed by atoms with van der Waals surface area (Å²) in [4.78, 5) is 12.2. The SMILES string of the molecule is O=[N+]([O-])c1ccc(S(=O)(=O)c2ccc(N(CCCl)CCCl)cc2)cc1. The molecule has 0 radical (unpaired) electrons. The summed E-state index contributed by atoms with van der Waals surface area (Å²) in [6, 6.07) is 11.2. The summed E-state index contributed by atoms with van der Waals surface area (Å²) < 4.78 is 25.2. The fraction of sp³-hybridized carbons (Fsp3) is 0.250. The maximum absolute atomic E-state index is 12.6. The van der Waals surface area contributed by atoms with Crippen molar-refractivity contribution in [3.63, 3.8) is 0 Å². The van der Waals surface area contributed by atoms with E-state index < -0.39 is 14.8 Å². The number of nitro benzene ring substituents is 1. The molecule has 0 spiro atoms. The van der Waals surface area contributed by atoms with Gasteiger partial charge in [-0.3, -0.25) is 10.1 Å². The number of hydrogen-bond donors (Lipinski definition) is 0. The van der Waals surface area contributed by atoms with Crippen molar-refractivity contribution in [2.24, 2.45) is 0 Å². The number of nitrogens with zero attached hydrogens (tertiary/aromatic N) is 2. The molecule has 0 heterocycles. The Kier molecular flexibility index (Phi) is 6.64. The average molecular weight is 403 g/mol. The third kappa shape index (κ3) is 4.62. The lowest BCUT2D eigenvalue weighted by atomic mass is 10.3. The summed E-state index contributed by atoms with van der Waals surface area (Å²) in [5.41, 5.74) is 0.663. The quantitative estimate of drug-likeness (QED) is 0.381. The van der Waals surface area contributed by atoms with Crippen LogP contribution in [0.4, 0.5) is 11.4 Å². The van der Waals surface area contributed by atoms with Gasteiger partial charge in [-0.15, -0.1) is 23.2 Å². The molecule has 134 valence electrons. The van der Waals surface area contributed by atoms with Gasteiger partial charge in [-0.25, -0.2) is 8.42 Å². The van der Waals surface area contributed by atoms with E-state index in [4.69, 9.17) is 23.2 Å². The molecule has 2 aromatic rings. The molecule has 0 unspecified atom stereocenters. The number of nitro groups is 1. The van der Waals surface area contributed by atoms with Gasteiger partial charge in [0, 0.05) is 42.7 Å². The fourth-order valence-corrected chi connectivity index (χ4v) is 3.96. The van der Waals surface area contributed by atoms with Crippen LogP contribution in [0.2, 0.25) is 0 Å². The first-order chi connectivity index (χ1) is 11.9. The second-order valence-corrected chi connectivity index (χ2v) is 7.82.